The molecule has 0 saturated heterocycles. The topological polar surface area (TPSA) is 59.8 Å². The molecule has 5 heteroatoms. The molecule has 19 heavy (non-hydrogen) atoms. The van der Waals surface area contributed by atoms with Crippen LogP contribution >= 0.6 is 0 Å². The SMILES string of the molecule is CCC(C)(C)NC(=O)c1cnn(-c2ccccc2)n1. The van der Waals surface area contributed by atoms with Gasteiger partial charge in [-0.1, -0.05) is 25.1 Å². The molecule has 0 saturated carbocycles. The largest absolute Gasteiger partial charge is 0.346 e. The molecule has 0 unspecified atom stereocenters. The van der Waals surface area contributed by atoms with E-state index in [0.29, 0.717) is 5.69 Å². The van der Waals surface area contributed by atoms with E-state index in [1.165, 1.54) is 11.0 Å². The summed E-state index contributed by atoms with van der Waals surface area (Å²) in [4.78, 5) is 13.5. The molecule has 2 rings (SSSR count). The molecule has 1 amide bonds. The highest BCUT2D eigenvalue weighted by Crippen LogP contribution is 2.09. The number of para-hydroxylation sites is 1. The van der Waals surface area contributed by atoms with Gasteiger partial charge in [-0.25, -0.2) is 0 Å². The number of carbonyl (C=O) groups excluding carboxylic acids is 1. The number of hydrogen-bond acceptors (Lipinski definition) is 3. The molecule has 0 aliphatic carbocycles. The summed E-state index contributed by atoms with van der Waals surface area (Å²) < 4.78 is 0. The minimum Gasteiger partial charge on any atom is -0.346 e. The highest BCUT2D eigenvalue weighted by Gasteiger charge is 2.20. The maximum absolute atomic E-state index is 12.0. The molecule has 2 aromatic rings. The smallest absolute Gasteiger partial charge is 0.273 e. The van der Waals surface area contributed by atoms with E-state index >= 15 is 0 Å². The predicted molar refractivity (Wildman–Crippen MR) is 73.2 cm³/mol. The Balaban J connectivity index is 2.16. The van der Waals surface area contributed by atoms with Gasteiger partial charge < -0.3 is 5.32 Å². The standard InChI is InChI=1S/C14H18N4O/c1-4-14(2,3)16-13(19)12-10-15-18(17-12)11-8-6-5-7-9-11/h5-10H,4H2,1-3H3,(H,16,19). The fraction of sp³-hybridized carbons (Fsp3) is 0.357. The Labute approximate surface area is 112 Å². The van der Waals surface area contributed by atoms with E-state index in [1.807, 2.05) is 51.1 Å². The first-order valence-corrected chi connectivity index (χ1v) is 6.32. The van der Waals surface area contributed by atoms with Crippen LogP contribution in [0.25, 0.3) is 5.69 Å². The minimum atomic E-state index is -0.242. The number of nitrogens with one attached hydrogen (secondary N) is 1. The molecule has 0 bridgehead atoms. The fourth-order valence-corrected chi connectivity index (χ4v) is 1.51. The van der Waals surface area contributed by atoms with E-state index in [9.17, 15) is 4.79 Å². The van der Waals surface area contributed by atoms with E-state index in [2.05, 4.69) is 15.5 Å². The summed E-state index contributed by atoms with van der Waals surface area (Å²) in [5, 5.41) is 11.2. The van der Waals surface area contributed by atoms with E-state index in [-0.39, 0.29) is 11.4 Å². The van der Waals surface area contributed by atoms with Crippen molar-refractivity contribution in [3.8, 4) is 5.69 Å². The van der Waals surface area contributed by atoms with Crippen LogP contribution in [0, 0.1) is 0 Å². The van der Waals surface area contributed by atoms with Crippen molar-refractivity contribution in [3.63, 3.8) is 0 Å². The number of amides is 1. The lowest BCUT2D eigenvalue weighted by atomic mass is 10.0. The summed E-state index contributed by atoms with van der Waals surface area (Å²) in [6.45, 7) is 5.99. The monoisotopic (exact) mass is 258 g/mol. The fourth-order valence-electron chi connectivity index (χ4n) is 1.51. The molecule has 0 radical (unpaired) electrons. The van der Waals surface area contributed by atoms with Gasteiger partial charge in [0.25, 0.3) is 5.91 Å². The molecule has 1 N–H and O–H groups in total. The van der Waals surface area contributed by atoms with E-state index in [4.69, 9.17) is 0 Å². The first-order chi connectivity index (χ1) is 9.02. The lowest BCUT2D eigenvalue weighted by Gasteiger charge is -2.23. The van der Waals surface area contributed by atoms with Crippen LogP contribution in [-0.2, 0) is 0 Å². The van der Waals surface area contributed by atoms with Crippen molar-refractivity contribution in [3.05, 3.63) is 42.2 Å². The van der Waals surface area contributed by atoms with E-state index in [0.717, 1.165) is 12.1 Å². The lowest BCUT2D eigenvalue weighted by molar-refractivity contribution is 0.0905. The van der Waals surface area contributed by atoms with Crippen molar-refractivity contribution in [1.82, 2.24) is 20.3 Å². The molecule has 0 fully saturated rings. The highest BCUT2D eigenvalue weighted by molar-refractivity contribution is 5.92. The predicted octanol–water partition coefficient (Wildman–Crippen LogP) is 2.19. The second-order valence-electron chi connectivity index (χ2n) is 5.05. The summed E-state index contributed by atoms with van der Waals surface area (Å²) in [5.74, 6) is -0.200. The van der Waals surface area contributed by atoms with Gasteiger partial charge in [-0.15, -0.1) is 5.10 Å². The van der Waals surface area contributed by atoms with E-state index < -0.39 is 0 Å². The number of rotatable bonds is 4. The van der Waals surface area contributed by atoms with Crippen LogP contribution in [0.5, 0.6) is 0 Å². The molecule has 0 atom stereocenters. The molecule has 0 aliphatic rings. The Morgan fingerprint density at radius 2 is 2.00 bits per heavy atom. The van der Waals surface area contributed by atoms with Crippen molar-refractivity contribution in [2.45, 2.75) is 32.7 Å². The van der Waals surface area contributed by atoms with Crippen molar-refractivity contribution >= 4 is 5.91 Å². The third-order valence-corrected chi connectivity index (χ3v) is 3.05. The molecule has 5 nitrogen and oxygen atoms in total. The lowest BCUT2D eigenvalue weighted by Crippen LogP contribution is -2.42. The highest BCUT2D eigenvalue weighted by atomic mass is 16.2. The number of aromatic nitrogens is 3. The second kappa shape index (κ2) is 5.22. The Bertz CT molecular complexity index is 560. The maximum atomic E-state index is 12.0. The van der Waals surface area contributed by atoms with Crippen LogP contribution in [0.15, 0.2) is 36.5 Å². The molecular formula is C14H18N4O. The third kappa shape index (κ3) is 3.19. The van der Waals surface area contributed by atoms with Crippen molar-refractivity contribution in [2.75, 3.05) is 0 Å². The van der Waals surface area contributed by atoms with E-state index in [1.54, 1.807) is 0 Å². The van der Waals surface area contributed by atoms with Crippen molar-refractivity contribution in [2.24, 2.45) is 0 Å². The first kappa shape index (κ1) is 13.3. The molecule has 1 aromatic carbocycles. The summed E-state index contributed by atoms with van der Waals surface area (Å²) in [6, 6.07) is 9.50. The van der Waals surface area contributed by atoms with Crippen LogP contribution < -0.4 is 5.32 Å². The Morgan fingerprint density at radius 1 is 1.32 bits per heavy atom. The van der Waals surface area contributed by atoms with Gasteiger partial charge in [0.2, 0.25) is 0 Å². The van der Waals surface area contributed by atoms with Crippen LogP contribution in [0.2, 0.25) is 0 Å². The zero-order valence-electron chi connectivity index (χ0n) is 11.4. The summed E-state index contributed by atoms with van der Waals surface area (Å²) in [7, 11) is 0. The summed E-state index contributed by atoms with van der Waals surface area (Å²) in [5.41, 5.74) is 0.912. The Kier molecular flexibility index (Phi) is 3.64. The minimum absolute atomic E-state index is 0.200. The first-order valence-electron chi connectivity index (χ1n) is 6.32. The molecule has 1 aromatic heterocycles. The van der Waals surface area contributed by atoms with Gasteiger partial charge in [-0.3, -0.25) is 4.79 Å². The third-order valence-electron chi connectivity index (χ3n) is 3.05. The van der Waals surface area contributed by atoms with Gasteiger partial charge in [0, 0.05) is 5.54 Å². The quantitative estimate of drug-likeness (QED) is 0.914. The van der Waals surface area contributed by atoms with Gasteiger partial charge in [-0.05, 0) is 32.4 Å². The van der Waals surface area contributed by atoms with Crippen LogP contribution in [0.1, 0.15) is 37.7 Å². The molecule has 0 spiro atoms. The van der Waals surface area contributed by atoms with Crippen LogP contribution in [0.4, 0.5) is 0 Å². The zero-order valence-corrected chi connectivity index (χ0v) is 11.4. The average molecular weight is 258 g/mol. The number of benzene rings is 1. The molecule has 0 aliphatic heterocycles. The van der Waals surface area contributed by atoms with Gasteiger partial charge in [-0.2, -0.15) is 9.90 Å². The summed E-state index contributed by atoms with van der Waals surface area (Å²) >= 11 is 0. The van der Waals surface area contributed by atoms with Gasteiger partial charge >= 0.3 is 0 Å². The summed E-state index contributed by atoms with van der Waals surface area (Å²) in [6.07, 6.45) is 2.33. The van der Waals surface area contributed by atoms with Crippen LogP contribution in [-0.4, -0.2) is 26.4 Å². The number of hydrogen-bond donors (Lipinski definition) is 1. The zero-order chi connectivity index (χ0) is 13.9. The maximum Gasteiger partial charge on any atom is 0.273 e. The normalized spacial score (nSPS) is 11.3. The average Bonchev–Trinajstić information content (AvgIpc) is 2.89. The number of carbonyl (C=O) groups is 1. The number of nitrogens with zero attached hydrogens (tertiary/aromatic N) is 3. The van der Waals surface area contributed by atoms with Gasteiger partial charge in [0.1, 0.15) is 0 Å². The molecule has 100 valence electrons. The molecule has 1 heterocycles. The Morgan fingerprint density at radius 3 is 2.63 bits per heavy atom. The van der Waals surface area contributed by atoms with Gasteiger partial charge in [0.15, 0.2) is 5.69 Å². The second-order valence-corrected chi connectivity index (χ2v) is 5.05. The van der Waals surface area contributed by atoms with Crippen LogP contribution in [0.3, 0.4) is 0 Å². The Hall–Kier alpha value is -2.17. The van der Waals surface area contributed by atoms with Gasteiger partial charge in [0.05, 0.1) is 11.9 Å². The van der Waals surface area contributed by atoms with Crippen molar-refractivity contribution < 1.29 is 4.79 Å². The van der Waals surface area contributed by atoms with Crippen molar-refractivity contribution in [1.29, 1.82) is 0 Å². The molecular weight excluding hydrogens is 240 g/mol.